The Labute approximate surface area is 219 Å². The summed E-state index contributed by atoms with van der Waals surface area (Å²) in [7, 11) is 0. The van der Waals surface area contributed by atoms with E-state index in [1.165, 1.54) is 83.5 Å². The average molecular weight is 499 g/mol. The molecule has 4 nitrogen and oxygen atoms in total. The van der Waals surface area contributed by atoms with Crippen molar-refractivity contribution in [3.8, 4) is 0 Å². The van der Waals surface area contributed by atoms with Crippen molar-refractivity contribution >= 4 is 5.78 Å². The van der Waals surface area contributed by atoms with Crippen LogP contribution in [0.4, 0.5) is 0 Å². The number of unbranched alkanes of at least 4 members (excludes halogenated alkanes) is 18. The summed E-state index contributed by atoms with van der Waals surface area (Å²) in [5.74, 6) is -0.0126. The number of rotatable bonds is 28. The average Bonchev–Trinajstić information content (AvgIpc) is 2.87. The molecule has 4 heteroatoms. The molecule has 2 unspecified atom stereocenters. The van der Waals surface area contributed by atoms with Crippen LogP contribution in [0.25, 0.3) is 0 Å². The Morgan fingerprint density at radius 1 is 0.629 bits per heavy atom. The molecule has 0 saturated heterocycles. The Morgan fingerprint density at radius 2 is 1.03 bits per heavy atom. The van der Waals surface area contributed by atoms with Crippen molar-refractivity contribution in [3.05, 3.63) is 0 Å². The lowest BCUT2D eigenvalue weighted by Crippen LogP contribution is -2.53. The van der Waals surface area contributed by atoms with Crippen molar-refractivity contribution in [1.29, 1.82) is 0 Å². The van der Waals surface area contributed by atoms with E-state index in [1.807, 2.05) is 0 Å². The van der Waals surface area contributed by atoms with Crippen LogP contribution in [0.15, 0.2) is 0 Å². The number of carbonyl (C=O) groups excluding carboxylic acids is 1. The van der Waals surface area contributed by atoms with Crippen LogP contribution in [-0.2, 0) is 9.53 Å². The fraction of sp³-hybridized carbons (Fsp3) is 0.968. The molecular weight excluding hydrogens is 436 g/mol. The highest BCUT2D eigenvalue weighted by molar-refractivity contribution is 5.88. The second-order valence-corrected chi connectivity index (χ2v) is 10.7. The smallest absolute Gasteiger partial charge is 0.167 e. The molecule has 0 aliphatic heterocycles. The van der Waals surface area contributed by atoms with Crippen molar-refractivity contribution < 1.29 is 19.7 Å². The maximum Gasteiger partial charge on any atom is 0.167 e. The summed E-state index contributed by atoms with van der Waals surface area (Å²) in [5, 5.41) is 20.3. The maximum absolute atomic E-state index is 13.3. The van der Waals surface area contributed by atoms with Crippen LogP contribution in [-0.4, -0.2) is 40.9 Å². The number of aliphatic hydroxyl groups is 2. The van der Waals surface area contributed by atoms with Crippen LogP contribution in [0.3, 0.4) is 0 Å². The number of carbonyl (C=O) groups is 1. The monoisotopic (exact) mass is 498 g/mol. The van der Waals surface area contributed by atoms with Crippen molar-refractivity contribution in [2.24, 2.45) is 0 Å². The molecule has 0 radical (unpaired) electrons. The minimum atomic E-state index is -1.23. The van der Waals surface area contributed by atoms with Crippen molar-refractivity contribution in [3.63, 3.8) is 0 Å². The molecule has 0 aromatic carbocycles. The summed E-state index contributed by atoms with van der Waals surface area (Å²) in [5.41, 5.74) is -1.23. The van der Waals surface area contributed by atoms with E-state index in [2.05, 4.69) is 20.8 Å². The lowest BCUT2D eigenvalue weighted by atomic mass is 9.83. The van der Waals surface area contributed by atoms with Crippen molar-refractivity contribution in [2.45, 2.75) is 180 Å². The van der Waals surface area contributed by atoms with Gasteiger partial charge in [0.1, 0.15) is 6.10 Å². The van der Waals surface area contributed by atoms with Gasteiger partial charge in [0.15, 0.2) is 11.4 Å². The maximum atomic E-state index is 13.3. The van der Waals surface area contributed by atoms with Gasteiger partial charge in [-0.3, -0.25) is 4.79 Å². The zero-order valence-electron chi connectivity index (χ0n) is 24.0. The first-order valence-corrected chi connectivity index (χ1v) is 15.5. The summed E-state index contributed by atoms with van der Waals surface area (Å²) in [6, 6.07) is 0. The molecule has 210 valence electrons. The summed E-state index contributed by atoms with van der Waals surface area (Å²) in [6.45, 7) is 6.59. The van der Waals surface area contributed by atoms with E-state index in [1.54, 1.807) is 0 Å². The largest absolute Gasteiger partial charge is 0.394 e. The second-order valence-electron chi connectivity index (χ2n) is 10.7. The summed E-state index contributed by atoms with van der Waals surface area (Å²) >= 11 is 0. The minimum Gasteiger partial charge on any atom is -0.394 e. The number of aliphatic hydroxyl groups excluding tert-OH is 2. The molecule has 0 heterocycles. The molecule has 2 N–H and O–H groups in total. The topological polar surface area (TPSA) is 66.8 Å². The first-order valence-electron chi connectivity index (χ1n) is 15.5. The van der Waals surface area contributed by atoms with Gasteiger partial charge in [-0.15, -0.1) is 0 Å². The van der Waals surface area contributed by atoms with E-state index >= 15 is 0 Å². The fourth-order valence-corrected chi connectivity index (χ4v) is 5.00. The van der Waals surface area contributed by atoms with E-state index in [0.29, 0.717) is 19.4 Å². The lowest BCUT2D eigenvalue weighted by molar-refractivity contribution is -0.171. The molecule has 0 spiro atoms. The van der Waals surface area contributed by atoms with Crippen LogP contribution in [0, 0.1) is 0 Å². The van der Waals surface area contributed by atoms with Crippen LogP contribution in [0.1, 0.15) is 168 Å². The van der Waals surface area contributed by atoms with E-state index in [4.69, 9.17) is 4.74 Å². The Bertz CT molecular complexity index is 453. The van der Waals surface area contributed by atoms with Gasteiger partial charge < -0.3 is 14.9 Å². The molecular formula is C31H62O4. The first kappa shape index (κ1) is 34.6. The molecule has 0 aliphatic rings. The Balaban J connectivity index is 4.16. The highest BCUT2D eigenvalue weighted by atomic mass is 16.5. The Morgan fingerprint density at radius 3 is 1.49 bits per heavy atom. The molecule has 0 fully saturated rings. The zero-order chi connectivity index (χ0) is 26.0. The van der Waals surface area contributed by atoms with Gasteiger partial charge in [-0.1, -0.05) is 143 Å². The third kappa shape index (κ3) is 17.6. The van der Waals surface area contributed by atoms with E-state index in [-0.39, 0.29) is 5.78 Å². The van der Waals surface area contributed by atoms with Crippen molar-refractivity contribution in [1.82, 2.24) is 0 Å². The normalized spacial score (nSPS) is 14.2. The highest BCUT2D eigenvalue weighted by Crippen LogP contribution is 2.29. The number of ketones is 1. The molecule has 0 saturated carbocycles. The molecule has 0 amide bonds. The first-order chi connectivity index (χ1) is 17.1. The molecule has 35 heavy (non-hydrogen) atoms. The molecule has 0 aromatic rings. The third-order valence-corrected chi connectivity index (χ3v) is 7.45. The number of Topliss-reactive ketones (excluding diaryl/α,β-unsaturated/α-hetero) is 1. The quantitative estimate of drug-likeness (QED) is 0.106. The van der Waals surface area contributed by atoms with Gasteiger partial charge in [-0.25, -0.2) is 0 Å². The lowest BCUT2D eigenvalue weighted by Gasteiger charge is -2.36. The fourth-order valence-electron chi connectivity index (χ4n) is 5.00. The SMILES string of the molecule is CCCCCCCCCCCCCCCCCC(=O)C(CCCCC)(OCCCCC)C(O)CO. The molecule has 0 aromatic heterocycles. The van der Waals surface area contributed by atoms with Gasteiger partial charge in [-0.05, 0) is 19.3 Å². The molecule has 0 rings (SSSR count). The number of hydrogen-bond donors (Lipinski definition) is 2. The standard InChI is InChI=1S/C31H62O4/c1-4-7-10-11-12-13-14-15-16-17-18-19-20-21-22-25-29(33)31(30(34)28-32,26-23-8-5-2)35-27-24-9-6-3/h30,32,34H,4-28H2,1-3H3. The van der Waals surface area contributed by atoms with Crippen LogP contribution >= 0.6 is 0 Å². The Hall–Kier alpha value is -0.450. The van der Waals surface area contributed by atoms with Crippen molar-refractivity contribution in [2.75, 3.05) is 13.2 Å². The predicted octanol–water partition coefficient (Wildman–Crippen LogP) is 8.70. The van der Waals surface area contributed by atoms with Crippen LogP contribution in [0.5, 0.6) is 0 Å². The van der Waals surface area contributed by atoms with E-state index in [0.717, 1.165) is 51.4 Å². The van der Waals surface area contributed by atoms with Gasteiger partial charge in [0.25, 0.3) is 0 Å². The molecule has 2 atom stereocenters. The predicted molar refractivity (Wildman–Crippen MR) is 150 cm³/mol. The van der Waals surface area contributed by atoms with Gasteiger partial charge >= 0.3 is 0 Å². The summed E-state index contributed by atoms with van der Waals surface area (Å²) < 4.78 is 6.11. The zero-order valence-corrected chi connectivity index (χ0v) is 24.0. The van der Waals surface area contributed by atoms with Gasteiger partial charge in [0, 0.05) is 13.0 Å². The Kier molecular flexibility index (Phi) is 24.9. The van der Waals surface area contributed by atoms with Gasteiger partial charge in [-0.2, -0.15) is 0 Å². The molecule has 0 aliphatic carbocycles. The van der Waals surface area contributed by atoms with Crippen LogP contribution < -0.4 is 0 Å². The van der Waals surface area contributed by atoms with E-state index < -0.39 is 18.3 Å². The third-order valence-electron chi connectivity index (χ3n) is 7.45. The minimum absolute atomic E-state index is 0.0126. The van der Waals surface area contributed by atoms with Gasteiger partial charge in [0.05, 0.1) is 6.61 Å². The summed E-state index contributed by atoms with van der Waals surface area (Å²) in [6.07, 6.45) is 25.2. The number of hydrogen-bond acceptors (Lipinski definition) is 4. The summed E-state index contributed by atoms with van der Waals surface area (Å²) in [4.78, 5) is 13.3. The van der Waals surface area contributed by atoms with Crippen LogP contribution in [0.2, 0.25) is 0 Å². The second kappa shape index (κ2) is 25.2. The number of ether oxygens (including phenoxy) is 1. The van der Waals surface area contributed by atoms with E-state index in [9.17, 15) is 15.0 Å². The highest BCUT2D eigenvalue weighted by Gasteiger charge is 2.44. The molecule has 0 bridgehead atoms. The van der Waals surface area contributed by atoms with Gasteiger partial charge in [0.2, 0.25) is 0 Å².